The van der Waals surface area contributed by atoms with Gasteiger partial charge in [0.05, 0.1) is 26.4 Å². The summed E-state index contributed by atoms with van der Waals surface area (Å²) in [6.45, 7) is 4.15. The first-order valence-corrected chi connectivity index (χ1v) is 43.6. The van der Waals surface area contributed by atoms with Crippen LogP contribution in [-0.4, -0.2) is 96.7 Å². The standard InChI is InChI=1S/C91H140O17P2/c1-5-9-13-17-21-25-29-33-37-40-42-45-49-52-56-60-64-68-72-76-89(94)102-82-87(108-91(96)78-74-70-66-62-58-54-50-46-43-41-38-34-30-26-22-18-14-10-6-2)84-106-110(99,100)104-80-85(92)79-103-109(97,98)105-83-86(107-90(95)77-73-69-65-61-57-53-47-36-32-28-24-20-16-12-8-4)81-101-88(93)75-71-67-63-59-55-51-48-44-39-35-31-27-23-19-15-11-7-3/h9-16,21-28,33-39,42-43,45-47,52,54,56-58,61,64,66,68,70,85-87,92H,5-8,17-20,29-32,40-41,44,48-51,53,55,59-60,62-63,65,67,69,71-84H2,1-4H3,(H,97,98)(H,99,100)/b13-9-,14-10-,15-11-,16-12-,25-21-,26-22-,27-23-,28-24-,37-33-,38-34-,39-35-,45-42-,46-43-,47-36-,56-52-,58-54-,61-57-,68-64-,70-66-. The SMILES string of the molecule is CC/C=C\C/C=C\C/C=C\C/C=C\C/C=C\C/C=C\CCC(=O)OCC(COP(=O)(O)OCC(O)COP(=O)(O)OCC(COC(=O)CCCCCCCCC/C=C\C/C=C\C/C=C\CC)OC(=O)CCCC/C=C\C/C=C\C/C=C\C/C=C\CC)OC(=O)CC/C=C\C/C=C\C/C=C\C/C=C\C/C=C\C/C=C\CC. The largest absolute Gasteiger partial charge is 0.472 e. The van der Waals surface area contributed by atoms with E-state index in [-0.39, 0.29) is 25.7 Å². The molecule has 0 radical (unpaired) electrons. The van der Waals surface area contributed by atoms with Crippen LogP contribution in [0.5, 0.6) is 0 Å². The van der Waals surface area contributed by atoms with Crippen LogP contribution >= 0.6 is 15.6 Å². The van der Waals surface area contributed by atoms with Crippen molar-refractivity contribution in [2.24, 2.45) is 0 Å². The van der Waals surface area contributed by atoms with E-state index < -0.39 is 97.5 Å². The van der Waals surface area contributed by atoms with E-state index in [1.165, 1.54) is 0 Å². The molecule has 0 aliphatic heterocycles. The van der Waals surface area contributed by atoms with Crippen molar-refractivity contribution in [3.8, 4) is 0 Å². The van der Waals surface area contributed by atoms with Gasteiger partial charge in [0, 0.05) is 25.7 Å². The maximum Gasteiger partial charge on any atom is 0.472 e. The molecule has 0 amide bonds. The average Bonchev–Trinajstić information content (AvgIpc) is 0.900. The number of carbonyl (C=O) groups is 4. The van der Waals surface area contributed by atoms with E-state index >= 15 is 0 Å². The zero-order valence-corrected chi connectivity index (χ0v) is 69.1. The average molecular weight is 1570 g/mol. The highest BCUT2D eigenvalue weighted by molar-refractivity contribution is 7.47. The third-order valence-corrected chi connectivity index (χ3v) is 17.5. The number of hydrogen-bond donors (Lipinski definition) is 3. The van der Waals surface area contributed by atoms with Crippen LogP contribution in [0.3, 0.4) is 0 Å². The predicted octanol–water partition coefficient (Wildman–Crippen LogP) is 24.2. The zero-order valence-electron chi connectivity index (χ0n) is 67.3. The van der Waals surface area contributed by atoms with Gasteiger partial charge in [-0.2, -0.15) is 0 Å². The molecule has 0 bridgehead atoms. The highest BCUT2D eigenvalue weighted by Crippen LogP contribution is 2.45. The molecule has 0 rings (SSSR count). The first-order chi connectivity index (χ1) is 53.7. The number of esters is 4. The Balaban J connectivity index is 5.59. The lowest BCUT2D eigenvalue weighted by molar-refractivity contribution is -0.161. The van der Waals surface area contributed by atoms with Gasteiger partial charge >= 0.3 is 39.5 Å². The Kier molecular flexibility index (Phi) is 75.2. The van der Waals surface area contributed by atoms with Gasteiger partial charge in [-0.05, 0) is 173 Å². The highest BCUT2D eigenvalue weighted by Gasteiger charge is 2.30. The molecule has 0 saturated carbocycles. The molecule has 3 N–H and O–H groups in total. The number of unbranched alkanes of at least 4 members (excludes halogenated alkanes) is 9. The van der Waals surface area contributed by atoms with Gasteiger partial charge in [0.2, 0.25) is 0 Å². The molecule has 17 nitrogen and oxygen atoms in total. The second kappa shape index (κ2) is 80.2. The smallest absolute Gasteiger partial charge is 0.462 e. The van der Waals surface area contributed by atoms with Crippen LogP contribution in [-0.2, 0) is 65.4 Å². The molecule has 0 saturated heterocycles. The maximum atomic E-state index is 13.1. The van der Waals surface area contributed by atoms with Crippen molar-refractivity contribution in [1.29, 1.82) is 0 Å². The minimum absolute atomic E-state index is 0.00868. The molecule has 0 heterocycles. The number of aliphatic hydroxyl groups excluding tert-OH is 1. The quantitative estimate of drug-likeness (QED) is 0.0169. The Hall–Kier alpha value is -6.88. The molecule has 0 spiro atoms. The van der Waals surface area contributed by atoms with Crippen LogP contribution < -0.4 is 0 Å². The summed E-state index contributed by atoms with van der Waals surface area (Å²) in [6.07, 6.45) is 103. The summed E-state index contributed by atoms with van der Waals surface area (Å²) in [5.74, 6) is -2.46. The van der Waals surface area contributed by atoms with Crippen molar-refractivity contribution >= 4 is 39.5 Å². The van der Waals surface area contributed by atoms with Gasteiger partial charge in [-0.15, -0.1) is 0 Å². The molecule has 0 aromatic rings. The fraction of sp³-hybridized carbons (Fsp3) is 0.538. The molecule has 0 aliphatic carbocycles. The lowest BCUT2D eigenvalue weighted by Crippen LogP contribution is -2.30. The van der Waals surface area contributed by atoms with Gasteiger partial charge in [0.25, 0.3) is 0 Å². The molecule has 0 aromatic heterocycles. The highest BCUT2D eigenvalue weighted by atomic mass is 31.2. The lowest BCUT2D eigenvalue weighted by atomic mass is 10.1. The minimum atomic E-state index is -5.03. The van der Waals surface area contributed by atoms with Crippen molar-refractivity contribution in [2.75, 3.05) is 39.6 Å². The summed E-state index contributed by atoms with van der Waals surface area (Å²) in [5, 5.41) is 10.7. The van der Waals surface area contributed by atoms with Gasteiger partial charge in [-0.25, -0.2) is 9.13 Å². The number of phosphoric ester groups is 2. The van der Waals surface area contributed by atoms with Crippen LogP contribution in [0.1, 0.15) is 259 Å². The molecular weight excluding hydrogens is 1430 g/mol. The second-order valence-corrected chi connectivity index (χ2v) is 28.7. The summed E-state index contributed by atoms with van der Waals surface area (Å²) in [4.78, 5) is 73.1. The number of carbonyl (C=O) groups excluding carboxylic acids is 4. The number of rotatable bonds is 73. The summed E-state index contributed by atoms with van der Waals surface area (Å²) in [5.41, 5.74) is 0. The third kappa shape index (κ3) is 79.2. The zero-order chi connectivity index (χ0) is 80.3. The van der Waals surface area contributed by atoms with Crippen LogP contribution in [0.25, 0.3) is 0 Å². The van der Waals surface area contributed by atoms with Crippen LogP contribution in [0.2, 0.25) is 0 Å². The van der Waals surface area contributed by atoms with Gasteiger partial charge in [0.1, 0.15) is 19.3 Å². The number of phosphoric acid groups is 2. The topological polar surface area (TPSA) is 237 Å². The van der Waals surface area contributed by atoms with E-state index in [2.05, 4.69) is 222 Å². The van der Waals surface area contributed by atoms with Gasteiger partial charge in [-0.3, -0.25) is 37.3 Å². The summed E-state index contributed by atoms with van der Waals surface area (Å²) >= 11 is 0. The number of aliphatic hydroxyl groups is 1. The lowest BCUT2D eigenvalue weighted by Gasteiger charge is -2.21. The van der Waals surface area contributed by atoms with Crippen LogP contribution in [0, 0.1) is 0 Å². The summed E-state index contributed by atoms with van der Waals surface area (Å²) < 4.78 is 68.5. The van der Waals surface area contributed by atoms with E-state index in [9.17, 15) is 43.2 Å². The minimum Gasteiger partial charge on any atom is -0.462 e. The summed E-state index contributed by atoms with van der Waals surface area (Å²) in [6, 6.07) is 0. The van der Waals surface area contributed by atoms with Crippen LogP contribution in [0.15, 0.2) is 231 Å². The molecule has 5 atom stereocenters. The fourth-order valence-corrected chi connectivity index (χ4v) is 11.2. The number of allylic oxidation sites excluding steroid dienone is 38. The first-order valence-electron chi connectivity index (χ1n) is 40.6. The normalized spacial score (nSPS) is 15.0. The van der Waals surface area contributed by atoms with Crippen molar-refractivity contribution in [1.82, 2.24) is 0 Å². The van der Waals surface area contributed by atoms with Gasteiger partial charge < -0.3 is 33.8 Å². The first kappa shape index (κ1) is 103. The van der Waals surface area contributed by atoms with E-state index in [4.69, 9.17) is 37.0 Å². The Morgan fingerprint density at radius 2 is 0.464 bits per heavy atom. The van der Waals surface area contributed by atoms with Crippen molar-refractivity contribution in [2.45, 2.75) is 277 Å². The monoisotopic (exact) mass is 1570 g/mol. The summed E-state index contributed by atoms with van der Waals surface area (Å²) in [7, 11) is -10.1. The van der Waals surface area contributed by atoms with Crippen LogP contribution in [0.4, 0.5) is 0 Å². The van der Waals surface area contributed by atoms with E-state index in [1.54, 1.807) is 0 Å². The number of ether oxygens (including phenoxy) is 4. The molecule has 19 heteroatoms. The Bertz CT molecular complexity index is 3000. The van der Waals surface area contributed by atoms with Gasteiger partial charge in [0.15, 0.2) is 12.2 Å². The maximum absolute atomic E-state index is 13.1. The van der Waals surface area contributed by atoms with E-state index in [1.807, 2.05) is 36.5 Å². The van der Waals surface area contributed by atoms with E-state index in [0.717, 1.165) is 161 Å². The molecule has 0 aromatic carbocycles. The van der Waals surface area contributed by atoms with Crippen molar-refractivity contribution in [3.63, 3.8) is 0 Å². The number of hydrogen-bond acceptors (Lipinski definition) is 15. The molecule has 616 valence electrons. The Morgan fingerprint density at radius 1 is 0.255 bits per heavy atom. The molecule has 0 aliphatic rings. The fourth-order valence-electron chi connectivity index (χ4n) is 9.63. The molecule has 5 unspecified atom stereocenters. The van der Waals surface area contributed by atoms with Gasteiger partial charge in [-0.1, -0.05) is 291 Å². The van der Waals surface area contributed by atoms with E-state index in [0.29, 0.717) is 44.9 Å². The molecule has 110 heavy (non-hydrogen) atoms. The van der Waals surface area contributed by atoms with Crippen molar-refractivity contribution in [3.05, 3.63) is 231 Å². The molecule has 0 fully saturated rings. The van der Waals surface area contributed by atoms with Crippen molar-refractivity contribution < 1.29 is 80.2 Å². The second-order valence-electron chi connectivity index (χ2n) is 25.8. The molecular formula is C91H140O17P2. The third-order valence-electron chi connectivity index (χ3n) is 15.6. The Morgan fingerprint density at radius 3 is 0.773 bits per heavy atom. The Labute approximate surface area is 664 Å². The predicted molar refractivity (Wildman–Crippen MR) is 454 cm³/mol.